The molecule has 0 atom stereocenters. The van der Waals surface area contributed by atoms with Crippen molar-refractivity contribution >= 4 is 18.1 Å². The Kier molecular flexibility index (Phi) is 5.96. The van der Waals surface area contributed by atoms with Gasteiger partial charge in [0.15, 0.2) is 0 Å². The number of pyridine rings is 1. The summed E-state index contributed by atoms with van der Waals surface area (Å²) in [6.45, 7) is 0.759. The average molecular weight is 420 g/mol. The maximum atomic E-state index is 14.3. The number of nitrogens with zero attached hydrogens (tertiary/aromatic N) is 4. The smallest absolute Gasteiger partial charge is 0.263 e. The summed E-state index contributed by atoms with van der Waals surface area (Å²) in [5, 5.41) is 9.46. The second-order valence-electron chi connectivity index (χ2n) is 6.97. The molecule has 2 aliphatic heterocycles. The normalized spacial score (nSPS) is 18.9. The number of hydrogen-bond acceptors (Lipinski definition) is 5. The number of allylic oxidation sites excluding steroid dienone is 2. The monoisotopic (exact) mass is 420 g/mol. The van der Waals surface area contributed by atoms with E-state index in [1.165, 1.54) is 28.8 Å². The molecule has 1 aromatic heterocycles. The number of ether oxygens (including phenoxy) is 1. The van der Waals surface area contributed by atoms with Gasteiger partial charge in [-0.05, 0) is 30.2 Å². The van der Waals surface area contributed by atoms with E-state index in [9.17, 15) is 18.8 Å². The Bertz CT molecular complexity index is 1250. The molecule has 0 saturated heterocycles. The summed E-state index contributed by atoms with van der Waals surface area (Å²) >= 11 is 0. The fourth-order valence-corrected chi connectivity index (χ4v) is 3.55. The zero-order valence-corrected chi connectivity index (χ0v) is 16.5. The number of dihydropyridines is 1. The van der Waals surface area contributed by atoms with Gasteiger partial charge in [-0.25, -0.2) is 8.78 Å². The van der Waals surface area contributed by atoms with E-state index in [1.54, 1.807) is 12.3 Å². The molecule has 3 heterocycles. The number of fused-ring (bicyclic) bond motifs is 1. The van der Waals surface area contributed by atoms with Gasteiger partial charge >= 0.3 is 0 Å². The summed E-state index contributed by atoms with van der Waals surface area (Å²) in [5.41, 5.74) is 1.42. The molecule has 31 heavy (non-hydrogen) atoms. The van der Waals surface area contributed by atoms with Gasteiger partial charge < -0.3 is 4.74 Å². The fraction of sp³-hybridized carbons (Fsp3) is 0.217. The van der Waals surface area contributed by atoms with Crippen molar-refractivity contribution in [2.75, 3.05) is 13.2 Å². The van der Waals surface area contributed by atoms with Crippen LogP contribution in [0.2, 0.25) is 0 Å². The molecule has 0 spiro atoms. The van der Waals surface area contributed by atoms with E-state index in [-0.39, 0.29) is 36.4 Å². The second kappa shape index (κ2) is 8.98. The summed E-state index contributed by atoms with van der Waals surface area (Å²) in [6, 6.07) is 7.57. The Balaban J connectivity index is 2.01. The van der Waals surface area contributed by atoms with Crippen molar-refractivity contribution in [3.8, 4) is 17.2 Å². The van der Waals surface area contributed by atoms with E-state index in [1.807, 2.05) is 12.1 Å². The summed E-state index contributed by atoms with van der Waals surface area (Å²) < 4.78 is 35.0. The molecule has 0 bridgehead atoms. The van der Waals surface area contributed by atoms with Crippen LogP contribution >= 0.6 is 0 Å². The first kappa shape index (κ1) is 20.6. The third kappa shape index (κ3) is 4.13. The van der Waals surface area contributed by atoms with Gasteiger partial charge in [0.05, 0.1) is 42.9 Å². The first-order chi connectivity index (χ1) is 15.1. The lowest BCUT2D eigenvalue weighted by atomic mass is 9.98. The minimum Gasteiger partial charge on any atom is -0.371 e. The van der Waals surface area contributed by atoms with Crippen LogP contribution in [0.4, 0.5) is 8.78 Å². The van der Waals surface area contributed by atoms with Gasteiger partial charge in [-0.15, -0.1) is 0 Å². The Morgan fingerprint density at radius 1 is 1.13 bits per heavy atom. The summed E-state index contributed by atoms with van der Waals surface area (Å²) in [4.78, 5) is 22.0. The Morgan fingerprint density at radius 3 is 2.77 bits per heavy atom. The fourth-order valence-electron chi connectivity index (χ4n) is 3.55. The quantitative estimate of drug-likeness (QED) is 0.741. The van der Waals surface area contributed by atoms with Crippen LogP contribution < -0.4 is 5.56 Å². The molecule has 0 aliphatic carbocycles. The van der Waals surface area contributed by atoms with Crippen LogP contribution in [0.15, 0.2) is 57.0 Å². The van der Waals surface area contributed by atoms with Crippen LogP contribution in [0, 0.1) is 17.1 Å². The predicted molar refractivity (Wildman–Crippen MR) is 114 cm³/mol. The molecule has 0 N–H and O–H groups in total. The van der Waals surface area contributed by atoms with E-state index < -0.39 is 17.2 Å². The number of halogens is 2. The molecule has 1 aromatic carbocycles. The predicted octanol–water partition coefficient (Wildman–Crippen LogP) is 3.80. The molecule has 0 radical (unpaired) electrons. The van der Waals surface area contributed by atoms with Crippen LogP contribution in [0.3, 0.4) is 0 Å². The molecule has 0 unspecified atom stereocenters. The van der Waals surface area contributed by atoms with E-state index in [2.05, 4.69) is 9.98 Å². The van der Waals surface area contributed by atoms with Crippen LogP contribution in [0.25, 0.3) is 16.8 Å². The maximum Gasteiger partial charge on any atom is 0.263 e. The molecule has 6 nitrogen and oxygen atoms in total. The molecule has 8 heteroatoms. The molecule has 4 rings (SSSR count). The zero-order chi connectivity index (χ0) is 21.8. The lowest BCUT2D eigenvalue weighted by molar-refractivity contribution is 0.142. The molecule has 2 aromatic rings. The summed E-state index contributed by atoms with van der Waals surface area (Å²) in [5.74, 6) is -1.23. The first-order valence-corrected chi connectivity index (χ1v) is 9.70. The number of benzene rings is 1. The van der Waals surface area contributed by atoms with E-state index in [0.717, 1.165) is 6.21 Å². The first-order valence-electron chi connectivity index (χ1n) is 9.70. The van der Waals surface area contributed by atoms with Gasteiger partial charge in [0.25, 0.3) is 5.56 Å². The van der Waals surface area contributed by atoms with Crippen molar-refractivity contribution in [1.82, 2.24) is 4.57 Å². The standard InChI is InChI=1S/C23H18F2N4O2/c24-16-6-8-31-14-22-15(11-28-12-16)9-19(18-4-1-5-21(25)20(18)10-26)23(30)29(22)17-3-2-7-27-13-17/h1,3-6,9,12-13H,2,7-8,11,14H2/b16-6+,28-12-. The highest BCUT2D eigenvalue weighted by atomic mass is 19.1. The van der Waals surface area contributed by atoms with Crippen LogP contribution in [-0.4, -0.2) is 30.1 Å². The SMILES string of the molecule is N#Cc1c(F)cccc1-c1cc2c(n(C3=CCCN=C3)c1=O)COC/C=C(F)\C=N/C2. The lowest BCUT2D eigenvalue weighted by Crippen LogP contribution is -2.28. The average Bonchev–Trinajstić information content (AvgIpc) is 2.78. The number of rotatable bonds is 2. The van der Waals surface area contributed by atoms with Crippen molar-refractivity contribution in [3.63, 3.8) is 0 Å². The van der Waals surface area contributed by atoms with Gasteiger partial charge in [-0.1, -0.05) is 18.2 Å². The number of aliphatic imine (C=N–C) groups is 2. The zero-order valence-electron chi connectivity index (χ0n) is 16.5. The van der Waals surface area contributed by atoms with Gasteiger partial charge in [0, 0.05) is 23.9 Å². The van der Waals surface area contributed by atoms with Crippen molar-refractivity contribution in [2.45, 2.75) is 19.6 Å². The molecule has 2 aliphatic rings. The van der Waals surface area contributed by atoms with Crippen LogP contribution in [0.5, 0.6) is 0 Å². The number of nitriles is 1. The number of hydrogen-bond donors (Lipinski definition) is 0. The minimum atomic E-state index is -0.710. The minimum absolute atomic E-state index is 0.0167. The van der Waals surface area contributed by atoms with E-state index >= 15 is 0 Å². The van der Waals surface area contributed by atoms with Gasteiger partial charge in [-0.2, -0.15) is 5.26 Å². The highest BCUT2D eigenvalue weighted by molar-refractivity contribution is 6.03. The van der Waals surface area contributed by atoms with Crippen LogP contribution in [0.1, 0.15) is 23.2 Å². The third-order valence-electron chi connectivity index (χ3n) is 5.01. The van der Waals surface area contributed by atoms with Crippen molar-refractivity contribution < 1.29 is 13.5 Å². The number of aromatic nitrogens is 1. The lowest BCUT2D eigenvalue weighted by Gasteiger charge is -2.21. The van der Waals surface area contributed by atoms with Gasteiger partial charge in [-0.3, -0.25) is 19.3 Å². The third-order valence-corrected chi connectivity index (χ3v) is 5.01. The molecule has 0 amide bonds. The Hall–Kier alpha value is -3.70. The highest BCUT2D eigenvalue weighted by Crippen LogP contribution is 2.27. The molecule has 0 saturated carbocycles. The van der Waals surface area contributed by atoms with Crippen molar-refractivity contribution in [3.05, 3.63) is 75.2 Å². The molecular formula is C23H18F2N4O2. The van der Waals surface area contributed by atoms with Crippen LogP contribution in [-0.2, 0) is 17.9 Å². The summed E-state index contributed by atoms with van der Waals surface area (Å²) in [6.07, 6.45) is 6.51. The summed E-state index contributed by atoms with van der Waals surface area (Å²) in [7, 11) is 0. The van der Waals surface area contributed by atoms with Gasteiger partial charge in [0.2, 0.25) is 0 Å². The molecule has 0 fully saturated rings. The maximum absolute atomic E-state index is 14.3. The largest absolute Gasteiger partial charge is 0.371 e. The second-order valence-corrected chi connectivity index (χ2v) is 6.97. The van der Waals surface area contributed by atoms with Crippen molar-refractivity contribution in [2.24, 2.45) is 9.98 Å². The molecular weight excluding hydrogens is 402 g/mol. The Labute approximate surface area is 177 Å². The molecule has 156 valence electrons. The van der Waals surface area contributed by atoms with Gasteiger partial charge in [0.1, 0.15) is 17.7 Å². The topological polar surface area (TPSA) is 79.7 Å². The van der Waals surface area contributed by atoms with E-state index in [4.69, 9.17) is 4.74 Å². The van der Waals surface area contributed by atoms with Crippen molar-refractivity contribution in [1.29, 1.82) is 5.26 Å². The highest BCUT2D eigenvalue weighted by Gasteiger charge is 2.21. The Morgan fingerprint density at radius 2 is 2.00 bits per heavy atom. The van der Waals surface area contributed by atoms with E-state index in [0.29, 0.717) is 29.9 Å².